The molecule has 1 aromatic carbocycles. The van der Waals surface area contributed by atoms with Crippen LogP contribution in [-0.4, -0.2) is 71.8 Å². The number of nitrogens with one attached hydrogen (secondary N) is 1. The first kappa shape index (κ1) is 18.1. The van der Waals surface area contributed by atoms with Crippen LogP contribution >= 0.6 is 0 Å². The van der Waals surface area contributed by atoms with Gasteiger partial charge in [0.2, 0.25) is 0 Å². The highest BCUT2D eigenvalue weighted by molar-refractivity contribution is 6.35. The van der Waals surface area contributed by atoms with E-state index in [9.17, 15) is 23.2 Å². The number of hydrogen-bond donors (Lipinski definition) is 1. The predicted molar refractivity (Wildman–Crippen MR) is 89.3 cm³/mol. The van der Waals surface area contributed by atoms with Crippen molar-refractivity contribution in [1.82, 2.24) is 14.7 Å². The Bertz CT molecular complexity index is 714. The molecule has 0 radical (unpaired) electrons. The van der Waals surface area contributed by atoms with Crippen molar-refractivity contribution in [2.24, 2.45) is 0 Å². The van der Waals surface area contributed by atoms with E-state index in [4.69, 9.17) is 0 Å². The van der Waals surface area contributed by atoms with Gasteiger partial charge >= 0.3 is 17.8 Å². The van der Waals surface area contributed by atoms with Crippen LogP contribution in [0.2, 0.25) is 0 Å². The molecule has 2 saturated heterocycles. The highest BCUT2D eigenvalue weighted by atomic mass is 19.2. The van der Waals surface area contributed by atoms with Crippen molar-refractivity contribution in [3.63, 3.8) is 0 Å². The largest absolute Gasteiger partial charge is 0.334 e. The summed E-state index contributed by atoms with van der Waals surface area (Å²) in [7, 11) is 0. The van der Waals surface area contributed by atoms with Crippen molar-refractivity contribution in [2.75, 3.05) is 44.6 Å². The molecule has 0 unspecified atom stereocenters. The summed E-state index contributed by atoms with van der Waals surface area (Å²) >= 11 is 0. The van der Waals surface area contributed by atoms with Crippen molar-refractivity contribution in [2.45, 2.75) is 12.8 Å². The highest BCUT2D eigenvalue weighted by Crippen LogP contribution is 2.15. The van der Waals surface area contributed by atoms with Crippen molar-refractivity contribution in [1.29, 1.82) is 0 Å². The van der Waals surface area contributed by atoms with Gasteiger partial charge in [0.1, 0.15) is 0 Å². The van der Waals surface area contributed by atoms with Gasteiger partial charge in [-0.2, -0.15) is 0 Å². The maximum atomic E-state index is 13.2. The standard InChI is InChI=1S/C17H20F2N4O3/c18-13-4-3-12(11-14(13)19)20-17(26)23-9-7-22(8-10-23)16(25)15(24)21-5-1-2-6-21/h3-4,11H,1-2,5-10H2,(H,20,26). The zero-order valence-corrected chi connectivity index (χ0v) is 14.2. The van der Waals surface area contributed by atoms with E-state index >= 15 is 0 Å². The second kappa shape index (κ2) is 7.67. The number of piperazine rings is 1. The van der Waals surface area contributed by atoms with Crippen LogP contribution in [0, 0.1) is 11.6 Å². The van der Waals surface area contributed by atoms with Gasteiger partial charge < -0.3 is 20.0 Å². The summed E-state index contributed by atoms with van der Waals surface area (Å²) in [6, 6.07) is 2.65. The summed E-state index contributed by atoms with van der Waals surface area (Å²) in [5.74, 6) is -3.05. The van der Waals surface area contributed by atoms with Gasteiger partial charge in [0, 0.05) is 51.0 Å². The number of rotatable bonds is 1. The third kappa shape index (κ3) is 3.92. The Morgan fingerprint density at radius 3 is 1.88 bits per heavy atom. The van der Waals surface area contributed by atoms with Crippen LogP contribution in [0.3, 0.4) is 0 Å². The molecule has 9 heteroatoms. The van der Waals surface area contributed by atoms with E-state index in [1.54, 1.807) is 4.90 Å². The lowest BCUT2D eigenvalue weighted by Gasteiger charge is -2.34. The van der Waals surface area contributed by atoms with Gasteiger partial charge in [-0.1, -0.05) is 0 Å². The van der Waals surface area contributed by atoms with Crippen LogP contribution in [0.4, 0.5) is 19.3 Å². The zero-order valence-electron chi connectivity index (χ0n) is 14.2. The van der Waals surface area contributed by atoms with E-state index in [1.165, 1.54) is 15.9 Å². The molecule has 26 heavy (non-hydrogen) atoms. The number of amides is 4. The number of benzene rings is 1. The minimum atomic E-state index is -1.04. The Hall–Kier alpha value is -2.71. The summed E-state index contributed by atoms with van der Waals surface area (Å²) in [5, 5.41) is 2.49. The normalized spacial score (nSPS) is 17.4. The molecule has 1 aromatic rings. The summed E-state index contributed by atoms with van der Waals surface area (Å²) in [6.45, 7) is 2.25. The van der Waals surface area contributed by atoms with E-state index in [2.05, 4.69) is 5.32 Å². The quantitative estimate of drug-likeness (QED) is 0.761. The Kier molecular flexibility index (Phi) is 5.34. The number of anilines is 1. The predicted octanol–water partition coefficient (Wildman–Crippen LogP) is 1.26. The molecule has 140 valence electrons. The maximum Gasteiger partial charge on any atom is 0.321 e. The SMILES string of the molecule is O=C(Nc1ccc(F)c(F)c1)N1CCN(C(=O)C(=O)N2CCCC2)CC1. The number of carbonyl (C=O) groups excluding carboxylic acids is 3. The molecule has 0 atom stereocenters. The average molecular weight is 366 g/mol. The Labute approximate surface area is 149 Å². The van der Waals surface area contributed by atoms with Crippen LogP contribution in [0.25, 0.3) is 0 Å². The summed E-state index contributed by atoms with van der Waals surface area (Å²) in [6.07, 6.45) is 1.83. The van der Waals surface area contributed by atoms with Crippen LogP contribution in [0.5, 0.6) is 0 Å². The molecule has 1 N–H and O–H groups in total. The smallest absolute Gasteiger partial charge is 0.321 e. The molecule has 0 saturated carbocycles. The number of likely N-dealkylation sites (tertiary alicyclic amines) is 1. The molecular formula is C17H20F2N4O3. The molecule has 2 aliphatic heterocycles. The van der Waals surface area contributed by atoms with Crippen molar-refractivity contribution < 1.29 is 23.2 Å². The first-order valence-corrected chi connectivity index (χ1v) is 8.55. The number of hydrogen-bond acceptors (Lipinski definition) is 3. The van der Waals surface area contributed by atoms with Crippen LogP contribution in [0.1, 0.15) is 12.8 Å². The zero-order chi connectivity index (χ0) is 18.7. The van der Waals surface area contributed by atoms with Gasteiger partial charge in [0.15, 0.2) is 11.6 Å². The lowest BCUT2D eigenvalue weighted by Crippen LogP contribution is -2.54. The molecule has 0 aliphatic carbocycles. The number of nitrogens with zero attached hydrogens (tertiary/aromatic N) is 3. The fourth-order valence-corrected chi connectivity index (χ4v) is 3.08. The van der Waals surface area contributed by atoms with E-state index in [1.807, 2.05) is 0 Å². The highest BCUT2D eigenvalue weighted by Gasteiger charge is 2.31. The molecule has 3 rings (SSSR count). The van der Waals surface area contributed by atoms with E-state index < -0.39 is 29.5 Å². The van der Waals surface area contributed by atoms with E-state index in [0.29, 0.717) is 13.1 Å². The molecule has 2 fully saturated rings. The summed E-state index contributed by atoms with van der Waals surface area (Å²) < 4.78 is 26.1. The monoisotopic (exact) mass is 366 g/mol. The Balaban J connectivity index is 1.51. The number of urea groups is 1. The summed E-state index contributed by atoms with van der Waals surface area (Å²) in [4.78, 5) is 41.1. The third-order valence-electron chi connectivity index (χ3n) is 4.60. The van der Waals surface area contributed by atoms with Crippen molar-refractivity contribution in [3.8, 4) is 0 Å². The van der Waals surface area contributed by atoms with Gasteiger partial charge in [-0.15, -0.1) is 0 Å². The van der Waals surface area contributed by atoms with E-state index in [-0.39, 0.29) is 31.9 Å². The second-order valence-corrected chi connectivity index (χ2v) is 6.34. The Morgan fingerprint density at radius 2 is 1.31 bits per heavy atom. The minimum absolute atomic E-state index is 0.150. The van der Waals surface area contributed by atoms with Gasteiger partial charge in [-0.25, -0.2) is 13.6 Å². The molecule has 2 heterocycles. The van der Waals surface area contributed by atoms with Gasteiger partial charge in [0.25, 0.3) is 0 Å². The number of halogens is 2. The van der Waals surface area contributed by atoms with Crippen LogP contribution < -0.4 is 5.32 Å². The van der Waals surface area contributed by atoms with Gasteiger partial charge in [-0.05, 0) is 25.0 Å². The van der Waals surface area contributed by atoms with Crippen molar-refractivity contribution >= 4 is 23.5 Å². The molecule has 7 nitrogen and oxygen atoms in total. The van der Waals surface area contributed by atoms with Crippen LogP contribution in [-0.2, 0) is 9.59 Å². The first-order valence-electron chi connectivity index (χ1n) is 8.55. The third-order valence-corrected chi connectivity index (χ3v) is 4.60. The summed E-state index contributed by atoms with van der Waals surface area (Å²) in [5.41, 5.74) is 0.150. The molecular weight excluding hydrogens is 346 g/mol. The maximum absolute atomic E-state index is 13.2. The molecule has 0 bridgehead atoms. The molecule has 4 amide bonds. The lowest BCUT2D eigenvalue weighted by molar-refractivity contribution is -0.152. The minimum Gasteiger partial charge on any atom is -0.334 e. The van der Waals surface area contributed by atoms with Gasteiger partial charge in [0.05, 0.1) is 0 Å². The fraction of sp³-hybridized carbons (Fsp3) is 0.471. The van der Waals surface area contributed by atoms with Gasteiger partial charge in [-0.3, -0.25) is 9.59 Å². The molecule has 0 aromatic heterocycles. The fourth-order valence-electron chi connectivity index (χ4n) is 3.08. The van der Waals surface area contributed by atoms with Crippen molar-refractivity contribution in [3.05, 3.63) is 29.8 Å². The Morgan fingerprint density at radius 1 is 0.769 bits per heavy atom. The molecule has 2 aliphatic rings. The molecule has 0 spiro atoms. The first-order chi connectivity index (χ1) is 12.5. The second-order valence-electron chi connectivity index (χ2n) is 6.34. The number of carbonyl (C=O) groups is 3. The van der Waals surface area contributed by atoms with Crippen LogP contribution in [0.15, 0.2) is 18.2 Å². The lowest BCUT2D eigenvalue weighted by atomic mass is 10.3. The average Bonchev–Trinajstić information content (AvgIpc) is 3.18. The van der Waals surface area contributed by atoms with E-state index in [0.717, 1.165) is 25.0 Å². The topological polar surface area (TPSA) is 73.0 Å².